The summed E-state index contributed by atoms with van der Waals surface area (Å²) >= 11 is 5.65. The first kappa shape index (κ1) is 16.3. The van der Waals surface area contributed by atoms with Crippen LogP contribution in [0.4, 0.5) is 4.39 Å². The normalized spacial score (nSPS) is 10.4. The molecule has 0 aliphatic heterocycles. The molecule has 0 bridgehead atoms. The quantitative estimate of drug-likeness (QED) is 0.848. The number of carbonyl (C=O) groups excluding carboxylic acids is 1. The zero-order chi connectivity index (χ0) is 16.1. The Morgan fingerprint density at radius 1 is 1.23 bits per heavy atom. The molecular weight excluding hydrogens is 305 g/mol. The number of hydrogen-bond donors (Lipinski definition) is 1. The van der Waals surface area contributed by atoms with Gasteiger partial charge in [0.25, 0.3) is 5.91 Å². The lowest BCUT2D eigenvalue weighted by atomic mass is 10.1. The fourth-order valence-electron chi connectivity index (χ4n) is 1.96. The van der Waals surface area contributed by atoms with Crippen molar-refractivity contribution >= 4 is 17.5 Å². The van der Waals surface area contributed by atoms with Gasteiger partial charge in [-0.3, -0.25) is 4.79 Å². The van der Waals surface area contributed by atoms with Crippen LogP contribution >= 0.6 is 11.6 Å². The van der Waals surface area contributed by atoms with E-state index >= 15 is 0 Å². The van der Waals surface area contributed by atoms with Crippen molar-refractivity contribution in [3.05, 3.63) is 63.9 Å². The van der Waals surface area contributed by atoms with Crippen molar-refractivity contribution in [1.29, 1.82) is 0 Å². The van der Waals surface area contributed by atoms with E-state index in [0.29, 0.717) is 6.61 Å². The summed E-state index contributed by atoms with van der Waals surface area (Å²) in [5.41, 5.74) is 2.10. The van der Waals surface area contributed by atoms with Gasteiger partial charge in [-0.2, -0.15) is 0 Å². The van der Waals surface area contributed by atoms with Gasteiger partial charge in [0.2, 0.25) is 0 Å². The van der Waals surface area contributed by atoms with Crippen LogP contribution in [0.2, 0.25) is 5.02 Å². The summed E-state index contributed by atoms with van der Waals surface area (Å²) in [4.78, 5) is 11.9. The van der Waals surface area contributed by atoms with Gasteiger partial charge in [0.05, 0.1) is 12.1 Å². The average molecular weight is 322 g/mol. The Morgan fingerprint density at radius 3 is 2.73 bits per heavy atom. The maximum Gasteiger partial charge on any atom is 0.254 e. The van der Waals surface area contributed by atoms with Gasteiger partial charge < -0.3 is 10.1 Å². The molecule has 22 heavy (non-hydrogen) atoms. The van der Waals surface area contributed by atoms with E-state index in [0.717, 1.165) is 22.9 Å². The zero-order valence-corrected chi connectivity index (χ0v) is 13.2. The van der Waals surface area contributed by atoms with E-state index in [1.807, 2.05) is 32.0 Å². The molecule has 0 spiro atoms. The number of rotatable bonds is 5. The van der Waals surface area contributed by atoms with E-state index in [1.165, 1.54) is 12.1 Å². The molecule has 2 aromatic carbocycles. The molecule has 0 heterocycles. The van der Waals surface area contributed by atoms with Crippen molar-refractivity contribution in [3.8, 4) is 5.75 Å². The predicted molar refractivity (Wildman–Crippen MR) is 85.2 cm³/mol. The monoisotopic (exact) mass is 321 g/mol. The summed E-state index contributed by atoms with van der Waals surface area (Å²) in [6.45, 7) is 4.54. The van der Waals surface area contributed by atoms with Crippen LogP contribution in [-0.4, -0.2) is 19.1 Å². The molecule has 0 atom stereocenters. The van der Waals surface area contributed by atoms with Crippen LogP contribution in [0.5, 0.6) is 5.75 Å². The molecule has 1 N–H and O–H groups in total. The number of ether oxygens (including phenoxy) is 1. The first-order valence-corrected chi connectivity index (χ1v) is 7.28. The van der Waals surface area contributed by atoms with Gasteiger partial charge >= 0.3 is 0 Å². The molecule has 0 radical (unpaired) electrons. The van der Waals surface area contributed by atoms with Gasteiger partial charge in [-0.25, -0.2) is 4.39 Å². The van der Waals surface area contributed by atoms with Crippen molar-refractivity contribution in [2.75, 3.05) is 13.2 Å². The second-order valence-electron chi connectivity index (χ2n) is 5.00. The van der Waals surface area contributed by atoms with E-state index in [4.69, 9.17) is 16.3 Å². The summed E-state index contributed by atoms with van der Waals surface area (Å²) < 4.78 is 19.2. The zero-order valence-electron chi connectivity index (χ0n) is 12.5. The largest absolute Gasteiger partial charge is 0.491 e. The SMILES string of the molecule is Cc1ccc(C)c(OCCNC(=O)c2ccc(Cl)cc2F)c1. The number of amides is 1. The van der Waals surface area contributed by atoms with E-state index in [2.05, 4.69) is 5.32 Å². The first-order valence-electron chi connectivity index (χ1n) is 6.90. The molecule has 5 heteroatoms. The van der Waals surface area contributed by atoms with Crippen molar-refractivity contribution in [2.45, 2.75) is 13.8 Å². The van der Waals surface area contributed by atoms with E-state index in [9.17, 15) is 9.18 Å². The fraction of sp³-hybridized carbons (Fsp3) is 0.235. The molecule has 0 aliphatic carbocycles. The second-order valence-corrected chi connectivity index (χ2v) is 5.43. The standard InChI is InChI=1S/C17H17ClFNO2/c1-11-3-4-12(2)16(9-11)22-8-7-20-17(21)14-6-5-13(18)10-15(14)19/h3-6,9-10H,7-8H2,1-2H3,(H,20,21). The molecule has 0 saturated carbocycles. The molecule has 0 fully saturated rings. The van der Waals surface area contributed by atoms with Crippen LogP contribution in [0.25, 0.3) is 0 Å². The molecule has 1 amide bonds. The van der Waals surface area contributed by atoms with Crippen LogP contribution in [0.15, 0.2) is 36.4 Å². The Kier molecular flexibility index (Phi) is 5.39. The number of carbonyl (C=O) groups is 1. The Balaban J connectivity index is 1.86. The highest BCUT2D eigenvalue weighted by Crippen LogP contribution is 2.18. The highest BCUT2D eigenvalue weighted by atomic mass is 35.5. The lowest BCUT2D eigenvalue weighted by Crippen LogP contribution is -2.28. The number of benzene rings is 2. The van der Waals surface area contributed by atoms with Crippen LogP contribution in [0.3, 0.4) is 0 Å². The second kappa shape index (κ2) is 7.27. The van der Waals surface area contributed by atoms with Gasteiger partial charge in [0.15, 0.2) is 0 Å². The number of hydrogen-bond acceptors (Lipinski definition) is 2. The molecule has 0 saturated heterocycles. The third-order valence-electron chi connectivity index (χ3n) is 3.16. The van der Waals surface area contributed by atoms with Crippen molar-refractivity contribution in [2.24, 2.45) is 0 Å². The van der Waals surface area contributed by atoms with Crippen LogP contribution in [-0.2, 0) is 0 Å². The van der Waals surface area contributed by atoms with Crippen LogP contribution < -0.4 is 10.1 Å². The summed E-state index contributed by atoms with van der Waals surface area (Å²) in [6, 6.07) is 9.88. The van der Waals surface area contributed by atoms with E-state index in [1.54, 1.807) is 0 Å². The fourth-order valence-corrected chi connectivity index (χ4v) is 2.12. The first-order chi connectivity index (χ1) is 10.5. The van der Waals surface area contributed by atoms with Crippen molar-refractivity contribution in [1.82, 2.24) is 5.32 Å². The Bertz CT molecular complexity index is 688. The lowest BCUT2D eigenvalue weighted by molar-refractivity contribution is 0.0943. The van der Waals surface area contributed by atoms with Crippen molar-refractivity contribution in [3.63, 3.8) is 0 Å². The van der Waals surface area contributed by atoms with Crippen molar-refractivity contribution < 1.29 is 13.9 Å². The van der Waals surface area contributed by atoms with E-state index in [-0.39, 0.29) is 17.1 Å². The highest BCUT2D eigenvalue weighted by molar-refractivity contribution is 6.30. The third-order valence-corrected chi connectivity index (χ3v) is 3.40. The molecule has 3 nitrogen and oxygen atoms in total. The van der Waals surface area contributed by atoms with Crippen LogP contribution in [0, 0.1) is 19.7 Å². The Morgan fingerprint density at radius 2 is 2.00 bits per heavy atom. The molecule has 0 aliphatic rings. The summed E-state index contributed by atoms with van der Waals surface area (Å²) in [5.74, 6) is -0.342. The van der Waals surface area contributed by atoms with Gasteiger partial charge in [-0.1, -0.05) is 23.7 Å². The molecular formula is C17H17ClFNO2. The minimum atomic E-state index is -0.638. The Hall–Kier alpha value is -2.07. The number of halogens is 2. The van der Waals surface area contributed by atoms with E-state index < -0.39 is 11.7 Å². The smallest absolute Gasteiger partial charge is 0.254 e. The maximum absolute atomic E-state index is 13.6. The van der Waals surface area contributed by atoms with Gasteiger partial charge in [0.1, 0.15) is 18.2 Å². The predicted octanol–water partition coefficient (Wildman–Crippen LogP) is 3.90. The minimum Gasteiger partial charge on any atom is -0.491 e. The van der Waals surface area contributed by atoms with Gasteiger partial charge in [0, 0.05) is 5.02 Å². The maximum atomic E-state index is 13.6. The molecule has 2 rings (SSSR count). The topological polar surface area (TPSA) is 38.3 Å². The number of nitrogens with one attached hydrogen (secondary N) is 1. The average Bonchev–Trinajstić information content (AvgIpc) is 2.46. The number of aryl methyl sites for hydroxylation is 2. The molecule has 0 aromatic heterocycles. The minimum absolute atomic E-state index is 0.0314. The summed E-state index contributed by atoms with van der Waals surface area (Å²) in [7, 11) is 0. The Labute approximate surface area is 134 Å². The molecule has 2 aromatic rings. The lowest BCUT2D eigenvalue weighted by Gasteiger charge is -2.11. The van der Waals surface area contributed by atoms with Crippen LogP contribution in [0.1, 0.15) is 21.5 Å². The van der Waals surface area contributed by atoms with Gasteiger partial charge in [-0.15, -0.1) is 0 Å². The van der Waals surface area contributed by atoms with Gasteiger partial charge in [-0.05, 0) is 49.2 Å². The molecule has 0 unspecified atom stereocenters. The third kappa shape index (κ3) is 4.21. The summed E-state index contributed by atoms with van der Waals surface area (Å²) in [6.07, 6.45) is 0. The molecule has 116 valence electrons. The summed E-state index contributed by atoms with van der Waals surface area (Å²) in [5, 5.41) is 2.87. The highest BCUT2D eigenvalue weighted by Gasteiger charge is 2.11.